The predicted molar refractivity (Wildman–Crippen MR) is 107 cm³/mol. The first-order valence-electron chi connectivity index (χ1n) is 8.20. The Labute approximate surface area is 169 Å². The van der Waals surface area contributed by atoms with Crippen molar-refractivity contribution >= 4 is 51.5 Å². The van der Waals surface area contributed by atoms with Gasteiger partial charge in [-0.25, -0.2) is 9.48 Å². The first-order chi connectivity index (χ1) is 13.3. The van der Waals surface area contributed by atoms with Crippen molar-refractivity contribution in [1.82, 2.24) is 9.78 Å². The van der Waals surface area contributed by atoms with Gasteiger partial charge in [-0.1, -0.05) is 41.4 Å². The molecule has 28 heavy (non-hydrogen) atoms. The minimum Gasteiger partial charge on any atom is -0.448 e. The molecule has 1 unspecified atom stereocenters. The first-order valence-corrected chi connectivity index (χ1v) is 8.96. The van der Waals surface area contributed by atoms with Crippen molar-refractivity contribution in [2.24, 2.45) is 7.05 Å². The average molecular weight is 420 g/mol. The van der Waals surface area contributed by atoms with Gasteiger partial charge in [-0.2, -0.15) is 5.10 Å². The third-order valence-electron chi connectivity index (χ3n) is 3.93. The van der Waals surface area contributed by atoms with Gasteiger partial charge in [0.2, 0.25) is 0 Å². The lowest BCUT2D eigenvalue weighted by atomic mass is 10.1. The molecular weight excluding hydrogens is 405 g/mol. The topological polar surface area (TPSA) is 90.3 Å². The average Bonchev–Trinajstić information content (AvgIpc) is 2.63. The summed E-state index contributed by atoms with van der Waals surface area (Å²) in [5, 5.41) is 7.95. The van der Waals surface area contributed by atoms with Crippen molar-refractivity contribution in [3.05, 3.63) is 68.6 Å². The largest absolute Gasteiger partial charge is 0.448 e. The van der Waals surface area contributed by atoms with E-state index in [0.717, 1.165) is 4.68 Å². The van der Waals surface area contributed by atoms with Gasteiger partial charge >= 0.3 is 5.97 Å². The normalized spacial score (nSPS) is 11.9. The van der Waals surface area contributed by atoms with Gasteiger partial charge in [-0.15, -0.1) is 0 Å². The third-order valence-corrected chi connectivity index (χ3v) is 4.37. The molecule has 0 saturated heterocycles. The van der Waals surface area contributed by atoms with E-state index in [1.807, 2.05) is 0 Å². The number of hydrogen-bond donors (Lipinski definition) is 1. The summed E-state index contributed by atoms with van der Waals surface area (Å²) in [7, 11) is 1.44. The highest BCUT2D eigenvalue weighted by atomic mass is 35.5. The van der Waals surface area contributed by atoms with E-state index in [1.54, 1.807) is 24.3 Å². The van der Waals surface area contributed by atoms with E-state index < -0.39 is 18.0 Å². The summed E-state index contributed by atoms with van der Waals surface area (Å²) in [4.78, 5) is 37.1. The zero-order valence-electron chi connectivity index (χ0n) is 14.9. The quantitative estimate of drug-likeness (QED) is 0.654. The Bertz CT molecular complexity index is 1120. The second-order valence-electron chi connectivity index (χ2n) is 6.02. The molecule has 0 saturated carbocycles. The highest BCUT2D eigenvalue weighted by Crippen LogP contribution is 2.23. The molecule has 1 N–H and O–H groups in total. The number of ether oxygens (including phenoxy) is 1. The standard InChI is InChI=1S/C19H15Cl2N3O4/c1-10(17(25)22-13-8-11(20)7-12(21)9-13)28-19(27)16-14-5-3-4-6-15(14)18(26)24(2)23-16/h3-10H,1-2H3,(H,22,25). The molecule has 9 heteroatoms. The Kier molecular flexibility index (Phi) is 5.67. The van der Waals surface area contributed by atoms with Crippen LogP contribution in [0.5, 0.6) is 0 Å². The third kappa shape index (κ3) is 4.16. The number of rotatable bonds is 4. The molecule has 1 heterocycles. The fourth-order valence-corrected chi connectivity index (χ4v) is 3.12. The maximum atomic E-state index is 12.6. The summed E-state index contributed by atoms with van der Waals surface area (Å²) in [6.07, 6.45) is -1.12. The van der Waals surface area contributed by atoms with Crippen LogP contribution in [0.25, 0.3) is 10.8 Å². The van der Waals surface area contributed by atoms with Crippen LogP contribution in [-0.4, -0.2) is 27.8 Å². The van der Waals surface area contributed by atoms with Crippen LogP contribution in [0.3, 0.4) is 0 Å². The van der Waals surface area contributed by atoms with Crippen LogP contribution in [0.15, 0.2) is 47.3 Å². The van der Waals surface area contributed by atoms with E-state index in [-0.39, 0.29) is 11.3 Å². The molecule has 0 aliphatic rings. The summed E-state index contributed by atoms with van der Waals surface area (Å²) < 4.78 is 6.29. The van der Waals surface area contributed by atoms with Gasteiger partial charge in [0.1, 0.15) is 0 Å². The van der Waals surface area contributed by atoms with Gasteiger partial charge in [0, 0.05) is 28.2 Å². The molecule has 1 amide bonds. The van der Waals surface area contributed by atoms with Gasteiger partial charge in [0.25, 0.3) is 11.5 Å². The number of anilines is 1. The van der Waals surface area contributed by atoms with Crippen LogP contribution in [0, 0.1) is 0 Å². The molecule has 3 rings (SSSR count). The second-order valence-corrected chi connectivity index (χ2v) is 6.89. The minimum atomic E-state index is -1.12. The lowest BCUT2D eigenvalue weighted by Crippen LogP contribution is -2.31. The molecule has 1 aromatic heterocycles. The van der Waals surface area contributed by atoms with Crippen molar-refractivity contribution in [2.75, 3.05) is 5.32 Å². The molecule has 2 aromatic carbocycles. The van der Waals surface area contributed by atoms with Crippen LogP contribution in [0.4, 0.5) is 5.69 Å². The number of carbonyl (C=O) groups excluding carboxylic acids is 2. The number of nitrogens with one attached hydrogen (secondary N) is 1. The molecule has 0 bridgehead atoms. The van der Waals surface area contributed by atoms with Crippen LogP contribution in [-0.2, 0) is 16.6 Å². The Hall–Kier alpha value is -2.90. The summed E-state index contributed by atoms with van der Waals surface area (Å²) >= 11 is 11.8. The highest BCUT2D eigenvalue weighted by Gasteiger charge is 2.23. The molecule has 0 aliphatic carbocycles. The number of halogens is 2. The van der Waals surface area contributed by atoms with Gasteiger partial charge in [-0.3, -0.25) is 9.59 Å². The molecule has 0 spiro atoms. The Morgan fingerprint density at radius 1 is 1.11 bits per heavy atom. The lowest BCUT2D eigenvalue weighted by Gasteiger charge is -2.14. The van der Waals surface area contributed by atoms with Crippen molar-refractivity contribution in [3.63, 3.8) is 0 Å². The van der Waals surface area contributed by atoms with E-state index in [4.69, 9.17) is 27.9 Å². The van der Waals surface area contributed by atoms with Crippen molar-refractivity contribution in [3.8, 4) is 0 Å². The van der Waals surface area contributed by atoms with E-state index in [1.165, 1.54) is 32.2 Å². The number of fused-ring (bicyclic) bond motifs is 1. The molecular formula is C19H15Cl2N3O4. The Morgan fingerprint density at radius 2 is 1.71 bits per heavy atom. The second kappa shape index (κ2) is 8.00. The van der Waals surface area contributed by atoms with Gasteiger partial charge in [0.15, 0.2) is 11.8 Å². The van der Waals surface area contributed by atoms with Crippen molar-refractivity contribution in [1.29, 1.82) is 0 Å². The molecule has 144 valence electrons. The fourth-order valence-electron chi connectivity index (χ4n) is 2.59. The van der Waals surface area contributed by atoms with Crippen LogP contribution in [0.2, 0.25) is 10.0 Å². The smallest absolute Gasteiger partial charge is 0.360 e. The maximum Gasteiger partial charge on any atom is 0.360 e. The number of nitrogens with zero attached hydrogens (tertiary/aromatic N) is 2. The predicted octanol–water partition coefficient (Wildman–Crippen LogP) is 3.42. The highest BCUT2D eigenvalue weighted by molar-refractivity contribution is 6.35. The monoisotopic (exact) mass is 419 g/mol. The summed E-state index contributed by atoms with van der Waals surface area (Å²) in [5.41, 5.74) is -0.0185. The van der Waals surface area contributed by atoms with E-state index in [0.29, 0.717) is 26.5 Å². The summed E-state index contributed by atoms with van der Waals surface area (Å²) in [6.45, 7) is 1.42. The number of amides is 1. The summed E-state index contributed by atoms with van der Waals surface area (Å²) in [6, 6.07) is 11.1. The van der Waals surface area contributed by atoms with Gasteiger partial charge in [-0.05, 0) is 31.2 Å². The van der Waals surface area contributed by atoms with Crippen LogP contribution in [0.1, 0.15) is 17.4 Å². The number of carbonyl (C=O) groups is 2. The number of benzene rings is 2. The summed E-state index contributed by atoms with van der Waals surface area (Å²) in [5.74, 6) is -1.39. The molecule has 0 radical (unpaired) electrons. The van der Waals surface area contributed by atoms with E-state index >= 15 is 0 Å². The Balaban J connectivity index is 1.81. The number of hydrogen-bond acceptors (Lipinski definition) is 5. The molecule has 1 atom stereocenters. The van der Waals surface area contributed by atoms with Crippen molar-refractivity contribution < 1.29 is 14.3 Å². The fraction of sp³-hybridized carbons (Fsp3) is 0.158. The number of esters is 1. The maximum absolute atomic E-state index is 12.6. The minimum absolute atomic E-state index is 0.0526. The Morgan fingerprint density at radius 3 is 2.36 bits per heavy atom. The van der Waals surface area contributed by atoms with E-state index in [2.05, 4.69) is 10.4 Å². The van der Waals surface area contributed by atoms with Crippen LogP contribution >= 0.6 is 23.2 Å². The van der Waals surface area contributed by atoms with Gasteiger partial charge < -0.3 is 10.1 Å². The lowest BCUT2D eigenvalue weighted by molar-refractivity contribution is -0.123. The molecule has 0 fully saturated rings. The first kappa shape index (κ1) is 19.9. The zero-order valence-corrected chi connectivity index (χ0v) is 16.4. The van der Waals surface area contributed by atoms with E-state index in [9.17, 15) is 14.4 Å². The molecule has 3 aromatic rings. The zero-order chi connectivity index (χ0) is 20.4. The van der Waals surface area contributed by atoms with Crippen LogP contribution < -0.4 is 10.9 Å². The molecule has 0 aliphatic heterocycles. The SMILES string of the molecule is CC(OC(=O)c1nn(C)c(=O)c2ccccc12)C(=O)Nc1cc(Cl)cc(Cl)c1. The number of aryl methyl sites for hydroxylation is 1. The van der Waals surface area contributed by atoms with Crippen molar-refractivity contribution in [2.45, 2.75) is 13.0 Å². The molecule has 7 nitrogen and oxygen atoms in total. The van der Waals surface area contributed by atoms with Gasteiger partial charge in [0.05, 0.1) is 5.39 Å². The number of aromatic nitrogens is 2.